The van der Waals surface area contributed by atoms with Crippen molar-refractivity contribution in [1.29, 1.82) is 0 Å². The highest BCUT2D eigenvalue weighted by Gasteiger charge is 2.15. The zero-order valence-corrected chi connectivity index (χ0v) is 17.4. The molecule has 7 nitrogen and oxygen atoms in total. The average molecular weight is 426 g/mol. The van der Waals surface area contributed by atoms with Crippen LogP contribution in [0.1, 0.15) is 5.56 Å². The van der Waals surface area contributed by atoms with Gasteiger partial charge in [0, 0.05) is 5.69 Å². The summed E-state index contributed by atoms with van der Waals surface area (Å²) >= 11 is 0. The van der Waals surface area contributed by atoms with E-state index >= 15 is 0 Å². The van der Waals surface area contributed by atoms with Gasteiger partial charge in [0.25, 0.3) is 15.9 Å². The number of benzene rings is 3. The zero-order valence-electron chi connectivity index (χ0n) is 16.6. The van der Waals surface area contributed by atoms with Crippen LogP contribution >= 0.6 is 0 Å². The maximum absolute atomic E-state index is 12.6. The molecule has 3 aromatic rings. The lowest BCUT2D eigenvalue weighted by Crippen LogP contribution is -2.20. The van der Waals surface area contributed by atoms with E-state index in [9.17, 15) is 13.2 Å². The number of amides is 1. The zero-order chi connectivity index (χ0) is 21.6. The highest BCUT2D eigenvalue weighted by Crippen LogP contribution is 2.24. The third-order valence-electron chi connectivity index (χ3n) is 4.25. The van der Waals surface area contributed by atoms with Crippen molar-refractivity contribution in [3.05, 3.63) is 78.4 Å². The first-order chi connectivity index (χ1) is 14.4. The number of hydrogen-bond acceptors (Lipinski definition) is 5. The summed E-state index contributed by atoms with van der Waals surface area (Å²) < 4.78 is 38.2. The molecule has 0 bridgehead atoms. The van der Waals surface area contributed by atoms with Crippen LogP contribution in [0.2, 0.25) is 0 Å². The molecule has 3 aromatic carbocycles. The molecule has 2 N–H and O–H groups in total. The lowest BCUT2D eigenvalue weighted by molar-refractivity contribution is -0.118. The van der Waals surface area contributed by atoms with E-state index in [1.165, 1.54) is 12.1 Å². The molecule has 3 rings (SSSR count). The quantitative estimate of drug-likeness (QED) is 0.571. The van der Waals surface area contributed by atoms with Gasteiger partial charge in [-0.15, -0.1) is 0 Å². The van der Waals surface area contributed by atoms with E-state index in [1.54, 1.807) is 74.7 Å². The molecule has 0 unspecified atom stereocenters. The highest BCUT2D eigenvalue weighted by molar-refractivity contribution is 7.92. The van der Waals surface area contributed by atoms with Crippen LogP contribution < -0.4 is 19.5 Å². The van der Waals surface area contributed by atoms with Crippen LogP contribution in [0.5, 0.6) is 11.5 Å². The van der Waals surface area contributed by atoms with Gasteiger partial charge in [-0.2, -0.15) is 0 Å². The Hall–Kier alpha value is -3.52. The van der Waals surface area contributed by atoms with Crippen molar-refractivity contribution in [3.63, 3.8) is 0 Å². The summed E-state index contributed by atoms with van der Waals surface area (Å²) in [5.41, 5.74) is 1.56. The molecule has 0 saturated heterocycles. The lowest BCUT2D eigenvalue weighted by atomic mass is 10.2. The van der Waals surface area contributed by atoms with Gasteiger partial charge in [-0.3, -0.25) is 9.52 Å². The Labute approximate surface area is 175 Å². The van der Waals surface area contributed by atoms with Gasteiger partial charge in [-0.1, -0.05) is 24.3 Å². The number of rotatable bonds is 8. The van der Waals surface area contributed by atoms with Crippen LogP contribution in [-0.2, 0) is 14.8 Å². The molecule has 156 valence electrons. The molecule has 0 heterocycles. The van der Waals surface area contributed by atoms with Crippen molar-refractivity contribution in [2.24, 2.45) is 0 Å². The van der Waals surface area contributed by atoms with Gasteiger partial charge in [-0.25, -0.2) is 8.42 Å². The first-order valence-electron chi connectivity index (χ1n) is 9.12. The Bertz CT molecular complexity index is 1110. The summed E-state index contributed by atoms with van der Waals surface area (Å²) in [6.45, 7) is 1.59. The Morgan fingerprint density at radius 1 is 0.933 bits per heavy atom. The van der Waals surface area contributed by atoms with Crippen LogP contribution in [0.3, 0.4) is 0 Å². The second kappa shape index (κ2) is 9.32. The van der Waals surface area contributed by atoms with Crippen LogP contribution in [0.4, 0.5) is 11.4 Å². The van der Waals surface area contributed by atoms with Crippen molar-refractivity contribution in [1.82, 2.24) is 0 Å². The van der Waals surface area contributed by atoms with Crippen molar-refractivity contribution in [3.8, 4) is 11.5 Å². The molecule has 1 amide bonds. The summed E-state index contributed by atoms with van der Waals surface area (Å²) in [5, 5.41) is 2.70. The number of carbonyl (C=O) groups excluding carboxylic acids is 1. The fourth-order valence-corrected chi connectivity index (χ4v) is 3.77. The first kappa shape index (κ1) is 21.2. The van der Waals surface area contributed by atoms with E-state index in [-0.39, 0.29) is 17.4 Å². The normalized spacial score (nSPS) is 10.9. The Kier molecular flexibility index (Phi) is 6.58. The number of aryl methyl sites for hydroxylation is 1. The third-order valence-corrected chi connectivity index (χ3v) is 5.63. The summed E-state index contributed by atoms with van der Waals surface area (Å²) in [4.78, 5) is 12.4. The van der Waals surface area contributed by atoms with Crippen LogP contribution in [0.25, 0.3) is 0 Å². The molecule has 0 aromatic heterocycles. The van der Waals surface area contributed by atoms with E-state index < -0.39 is 10.0 Å². The van der Waals surface area contributed by atoms with Crippen molar-refractivity contribution >= 4 is 27.3 Å². The Morgan fingerprint density at radius 3 is 2.27 bits per heavy atom. The molecule has 0 saturated carbocycles. The van der Waals surface area contributed by atoms with Gasteiger partial charge in [-0.05, 0) is 61.0 Å². The molecular weight excluding hydrogens is 404 g/mol. The van der Waals surface area contributed by atoms with Crippen LogP contribution in [-0.4, -0.2) is 28.0 Å². The molecule has 8 heteroatoms. The molecule has 30 heavy (non-hydrogen) atoms. The molecule has 0 aliphatic rings. The molecule has 0 fully saturated rings. The van der Waals surface area contributed by atoms with Crippen molar-refractivity contribution < 1.29 is 22.7 Å². The number of hydrogen-bond donors (Lipinski definition) is 2. The van der Waals surface area contributed by atoms with E-state index in [1.807, 2.05) is 0 Å². The summed E-state index contributed by atoms with van der Waals surface area (Å²) in [5.74, 6) is 0.856. The van der Waals surface area contributed by atoms with E-state index in [0.717, 1.165) is 5.56 Å². The highest BCUT2D eigenvalue weighted by atomic mass is 32.2. The number of anilines is 2. The standard InChI is InChI=1S/C22H22N2O5S/c1-16-8-9-17(14-21(16)24-30(26,27)20-6-4-3-5-7-20)23-22(25)15-29-19-12-10-18(28-2)11-13-19/h3-14,24H,15H2,1-2H3,(H,23,25). The number of sulfonamides is 1. The lowest BCUT2D eigenvalue weighted by Gasteiger charge is -2.13. The minimum absolute atomic E-state index is 0.159. The maximum Gasteiger partial charge on any atom is 0.262 e. The van der Waals surface area contributed by atoms with E-state index in [0.29, 0.717) is 22.9 Å². The average Bonchev–Trinajstić information content (AvgIpc) is 2.75. The number of methoxy groups -OCH3 is 1. The second-order valence-corrected chi connectivity index (χ2v) is 8.14. The molecule has 0 spiro atoms. The second-order valence-electron chi connectivity index (χ2n) is 6.46. The maximum atomic E-state index is 12.6. The van der Waals surface area contributed by atoms with Gasteiger partial charge in [0.2, 0.25) is 0 Å². The molecule has 0 atom stereocenters. The summed E-state index contributed by atoms with van der Waals surface area (Å²) in [6, 6.07) is 19.9. The van der Waals surface area contributed by atoms with E-state index in [2.05, 4.69) is 10.0 Å². The Balaban J connectivity index is 1.65. The molecule has 0 aliphatic heterocycles. The SMILES string of the molecule is COc1ccc(OCC(=O)Nc2ccc(C)c(NS(=O)(=O)c3ccccc3)c2)cc1. The fraction of sp³-hybridized carbons (Fsp3) is 0.136. The van der Waals surface area contributed by atoms with Gasteiger partial charge in [0.05, 0.1) is 17.7 Å². The monoisotopic (exact) mass is 426 g/mol. The smallest absolute Gasteiger partial charge is 0.262 e. The summed E-state index contributed by atoms with van der Waals surface area (Å²) in [6.07, 6.45) is 0. The fourth-order valence-electron chi connectivity index (χ4n) is 2.63. The minimum atomic E-state index is -3.73. The van der Waals surface area contributed by atoms with Crippen LogP contribution in [0, 0.1) is 6.92 Å². The van der Waals surface area contributed by atoms with E-state index in [4.69, 9.17) is 9.47 Å². The predicted molar refractivity (Wildman–Crippen MR) is 116 cm³/mol. The topological polar surface area (TPSA) is 93.7 Å². The van der Waals surface area contributed by atoms with Crippen molar-refractivity contribution in [2.45, 2.75) is 11.8 Å². The first-order valence-corrected chi connectivity index (χ1v) is 10.6. The molecular formula is C22H22N2O5S. The molecule has 0 aliphatic carbocycles. The van der Waals surface area contributed by atoms with Gasteiger partial charge in [0.1, 0.15) is 11.5 Å². The predicted octanol–water partition coefficient (Wildman–Crippen LogP) is 3.82. The largest absolute Gasteiger partial charge is 0.497 e. The number of ether oxygens (including phenoxy) is 2. The third kappa shape index (κ3) is 5.51. The number of carbonyl (C=O) groups is 1. The van der Waals surface area contributed by atoms with Gasteiger partial charge in [0.15, 0.2) is 6.61 Å². The minimum Gasteiger partial charge on any atom is -0.497 e. The number of nitrogens with one attached hydrogen (secondary N) is 2. The summed E-state index contributed by atoms with van der Waals surface area (Å²) in [7, 11) is -2.16. The van der Waals surface area contributed by atoms with Crippen LogP contribution in [0.15, 0.2) is 77.7 Å². The van der Waals surface area contributed by atoms with Gasteiger partial charge >= 0.3 is 0 Å². The van der Waals surface area contributed by atoms with Gasteiger partial charge < -0.3 is 14.8 Å². The molecule has 0 radical (unpaired) electrons. The van der Waals surface area contributed by atoms with Crippen molar-refractivity contribution in [2.75, 3.05) is 23.8 Å². The Morgan fingerprint density at radius 2 is 1.60 bits per heavy atom.